The van der Waals surface area contributed by atoms with Gasteiger partial charge >= 0.3 is 39.5 Å². The molecule has 96 heavy (non-hydrogen) atoms. The Morgan fingerprint density at radius 3 is 0.792 bits per heavy atom. The Morgan fingerprint density at radius 1 is 0.302 bits per heavy atom. The van der Waals surface area contributed by atoms with E-state index in [-0.39, 0.29) is 25.7 Å². The summed E-state index contributed by atoms with van der Waals surface area (Å²) in [6.45, 7) is 11.9. The molecule has 0 heterocycles. The van der Waals surface area contributed by atoms with E-state index in [0.717, 1.165) is 114 Å². The van der Waals surface area contributed by atoms with Gasteiger partial charge in [-0.3, -0.25) is 37.3 Å². The van der Waals surface area contributed by atoms with Crippen LogP contribution >= 0.6 is 15.6 Å². The Bertz CT molecular complexity index is 1870. The Morgan fingerprint density at radius 2 is 0.531 bits per heavy atom. The van der Waals surface area contributed by atoms with Gasteiger partial charge in [-0.1, -0.05) is 344 Å². The summed E-state index contributed by atoms with van der Waals surface area (Å²) in [5.41, 5.74) is 0. The molecule has 0 saturated carbocycles. The van der Waals surface area contributed by atoms with Gasteiger partial charge in [0.25, 0.3) is 0 Å². The molecule has 0 aromatic carbocycles. The van der Waals surface area contributed by atoms with Crippen molar-refractivity contribution in [3.63, 3.8) is 0 Å². The number of carbonyl (C=O) groups excluding carboxylic acids is 4. The van der Waals surface area contributed by atoms with E-state index in [2.05, 4.69) is 48.5 Å². The maximum Gasteiger partial charge on any atom is 0.472 e. The number of aliphatic hydroxyl groups is 1. The first-order valence-corrected chi connectivity index (χ1v) is 42.9. The summed E-state index contributed by atoms with van der Waals surface area (Å²) in [4.78, 5) is 72.9. The van der Waals surface area contributed by atoms with Crippen LogP contribution in [0.4, 0.5) is 0 Å². The van der Waals surface area contributed by atoms with Gasteiger partial charge in [0.2, 0.25) is 0 Å². The molecule has 0 aliphatic heterocycles. The molecule has 0 aromatic rings. The highest BCUT2D eigenvalue weighted by atomic mass is 31.2. The molecule has 0 radical (unpaired) electrons. The summed E-state index contributed by atoms with van der Waals surface area (Å²) < 4.78 is 68.6. The second-order valence-corrected chi connectivity index (χ2v) is 31.6. The molecule has 0 rings (SSSR count). The first kappa shape index (κ1) is 94.1. The zero-order chi connectivity index (χ0) is 70.9. The van der Waals surface area contributed by atoms with Gasteiger partial charge in [0, 0.05) is 25.7 Å². The molecule has 0 saturated heterocycles. The van der Waals surface area contributed by atoms with Gasteiger partial charge in [0.1, 0.15) is 19.3 Å². The molecule has 19 heteroatoms. The molecule has 0 bridgehead atoms. The topological polar surface area (TPSA) is 237 Å². The second kappa shape index (κ2) is 67.5. The standard InChI is InChI=1S/C77H150O17P2/c1-8-11-12-13-14-15-16-17-18-19-22-25-31-36-44-51-58-74(79)87-64-72(93-76(81)60-53-46-37-32-26-23-20-21-24-29-34-41-48-55-68(4)5)66-91-95(83,84)89-62-71(78)63-90-96(85,86)92-67-73(65-88-75(80)59-52-45-40-39-43-50-57-70(7)10-3)94-77(82)61-54-47-38-33-28-27-30-35-42-49-56-69(6)9-2/h68-73,78H,8-67H2,1-7H3,(H,83,84)(H,85,86)/t69?,70?,71-,72-,73-/m1/s1. The molecule has 0 amide bonds. The minimum Gasteiger partial charge on any atom is -0.462 e. The number of hydrogen-bond donors (Lipinski definition) is 3. The number of esters is 4. The van der Waals surface area contributed by atoms with E-state index in [0.29, 0.717) is 25.7 Å². The lowest BCUT2D eigenvalue weighted by Gasteiger charge is -2.21. The van der Waals surface area contributed by atoms with E-state index in [1.54, 1.807) is 0 Å². The number of hydrogen-bond acceptors (Lipinski definition) is 15. The number of unbranched alkanes of at least 4 members (excludes halogenated alkanes) is 41. The summed E-state index contributed by atoms with van der Waals surface area (Å²) in [6.07, 6.45) is 54.0. The fraction of sp³-hybridized carbons (Fsp3) is 0.948. The van der Waals surface area contributed by atoms with Crippen molar-refractivity contribution in [1.82, 2.24) is 0 Å². The molecule has 0 fully saturated rings. The van der Waals surface area contributed by atoms with Crippen LogP contribution in [-0.2, 0) is 65.4 Å². The predicted octanol–water partition coefficient (Wildman–Crippen LogP) is 22.6. The Labute approximate surface area is 588 Å². The lowest BCUT2D eigenvalue weighted by atomic mass is 9.99. The van der Waals surface area contributed by atoms with E-state index in [1.807, 2.05) is 0 Å². The molecule has 0 aliphatic rings. The van der Waals surface area contributed by atoms with Crippen LogP contribution in [0.5, 0.6) is 0 Å². The zero-order valence-corrected chi connectivity index (χ0v) is 64.6. The first-order valence-electron chi connectivity index (χ1n) is 39.9. The maximum absolute atomic E-state index is 13.1. The van der Waals surface area contributed by atoms with Gasteiger partial charge < -0.3 is 33.8 Å². The smallest absolute Gasteiger partial charge is 0.462 e. The Hall–Kier alpha value is -1.94. The summed E-state index contributed by atoms with van der Waals surface area (Å²) in [7, 11) is -9.92. The molecule has 7 atom stereocenters. The van der Waals surface area contributed by atoms with Crippen LogP contribution in [0.1, 0.15) is 395 Å². The van der Waals surface area contributed by atoms with Crippen molar-refractivity contribution >= 4 is 39.5 Å². The number of phosphoric acid groups is 2. The first-order chi connectivity index (χ1) is 46.3. The molecule has 570 valence electrons. The van der Waals surface area contributed by atoms with Crippen LogP contribution in [0, 0.1) is 17.8 Å². The molecule has 0 aromatic heterocycles. The fourth-order valence-corrected chi connectivity index (χ4v) is 13.3. The predicted molar refractivity (Wildman–Crippen MR) is 391 cm³/mol. The molecular formula is C77H150O17P2. The van der Waals surface area contributed by atoms with Crippen molar-refractivity contribution < 1.29 is 80.2 Å². The summed E-state index contributed by atoms with van der Waals surface area (Å²) in [5.74, 6) is 0.204. The van der Waals surface area contributed by atoms with Gasteiger partial charge in [-0.2, -0.15) is 0 Å². The third-order valence-corrected chi connectivity index (χ3v) is 20.5. The summed E-state index contributed by atoms with van der Waals surface area (Å²) >= 11 is 0. The Kier molecular flexibility index (Phi) is 66.2. The quantitative estimate of drug-likeness (QED) is 0.0222. The van der Waals surface area contributed by atoms with E-state index < -0.39 is 97.5 Å². The number of carbonyl (C=O) groups is 4. The van der Waals surface area contributed by atoms with Crippen LogP contribution in [0.2, 0.25) is 0 Å². The normalized spacial score (nSPS) is 14.6. The van der Waals surface area contributed by atoms with Crippen LogP contribution in [0.25, 0.3) is 0 Å². The van der Waals surface area contributed by atoms with Gasteiger partial charge in [0.05, 0.1) is 26.4 Å². The largest absolute Gasteiger partial charge is 0.472 e. The van der Waals surface area contributed by atoms with Crippen LogP contribution in [-0.4, -0.2) is 96.7 Å². The van der Waals surface area contributed by atoms with Crippen molar-refractivity contribution in [3.8, 4) is 0 Å². The minimum absolute atomic E-state index is 0.105. The van der Waals surface area contributed by atoms with Crippen molar-refractivity contribution in [2.24, 2.45) is 17.8 Å². The number of ether oxygens (including phenoxy) is 4. The molecule has 0 aliphatic carbocycles. The summed E-state index contributed by atoms with van der Waals surface area (Å²) in [6, 6.07) is 0. The lowest BCUT2D eigenvalue weighted by molar-refractivity contribution is -0.161. The van der Waals surface area contributed by atoms with Crippen LogP contribution in [0.15, 0.2) is 0 Å². The number of aliphatic hydroxyl groups excluding tert-OH is 1. The average molecular weight is 1410 g/mol. The molecule has 0 spiro atoms. The van der Waals surface area contributed by atoms with Crippen LogP contribution in [0.3, 0.4) is 0 Å². The lowest BCUT2D eigenvalue weighted by Crippen LogP contribution is -2.30. The monoisotopic (exact) mass is 1410 g/mol. The van der Waals surface area contributed by atoms with Gasteiger partial charge in [0.15, 0.2) is 12.2 Å². The second-order valence-electron chi connectivity index (χ2n) is 28.7. The zero-order valence-electron chi connectivity index (χ0n) is 62.8. The minimum atomic E-state index is -4.96. The Balaban J connectivity index is 5.26. The van der Waals surface area contributed by atoms with E-state index in [9.17, 15) is 43.2 Å². The van der Waals surface area contributed by atoms with E-state index in [4.69, 9.17) is 37.0 Å². The van der Waals surface area contributed by atoms with Crippen molar-refractivity contribution in [1.29, 1.82) is 0 Å². The summed E-state index contributed by atoms with van der Waals surface area (Å²) in [5, 5.41) is 10.6. The van der Waals surface area contributed by atoms with E-state index >= 15 is 0 Å². The highest BCUT2D eigenvalue weighted by Gasteiger charge is 2.30. The number of rotatable bonds is 75. The highest BCUT2D eigenvalue weighted by molar-refractivity contribution is 7.47. The third kappa shape index (κ3) is 67.9. The molecular weight excluding hydrogens is 1260 g/mol. The molecule has 3 N–H and O–H groups in total. The highest BCUT2D eigenvalue weighted by Crippen LogP contribution is 2.45. The fourth-order valence-electron chi connectivity index (χ4n) is 11.7. The average Bonchev–Trinajstić information content (AvgIpc) is 1.12. The number of phosphoric ester groups is 2. The molecule has 17 nitrogen and oxygen atoms in total. The van der Waals surface area contributed by atoms with Gasteiger partial charge in [-0.25, -0.2) is 9.13 Å². The van der Waals surface area contributed by atoms with Gasteiger partial charge in [-0.05, 0) is 43.4 Å². The maximum atomic E-state index is 13.1. The van der Waals surface area contributed by atoms with Gasteiger partial charge in [-0.15, -0.1) is 0 Å². The SMILES string of the molecule is CCCCCCCCCCCCCCCCCCC(=O)OC[C@H](COP(=O)(O)OC[C@@H](O)COP(=O)(O)OC[C@@H](COC(=O)CCCCCCCCC(C)CC)OC(=O)CCCCCCCCCCCCC(C)CC)OC(=O)CCCCCCCCCCCCCCCC(C)C. The van der Waals surface area contributed by atoms with Crippen molar-refractivity contribution in [3.05, 3.63) is 0 Å². The van der Waals surface area contributed by atoms with E-state index in [1.165, 1.54) is 199 Å². The third-order valence-electron chi connectivity index (χ3n) is 18.6. The van der Waals surface area contributed by atoms with Crippen molar-refractivity contribution in [2.45, 2.75) is 414 Å². The van der Waals surface area contributed by atoms with Crippen molar-refractivity contribution in [2.75, 3.05) is 39.6 Å². The molecule has 4 unspecified atom stereocenters. The van der Waals surface area contributed by atoms with Crippen LogP contribution < -0.4 is 0 Å².